The molecule has 0 saturated carbocycles. The summed E-state index contributed by atoms with van der Waals surface area (Å²) in [6.07, 6.45) is 4.85. The third kappa shape index (κ3) is 6.72. The van der Waals surface area contributed by atoms with Crippen molar-refractivity contribution in [1.29, 1.82) is 0 Å². The number of phenolic OH excluding ortho intramolecular Hbond substituents is 1. The summed E-state index contributed by atoms with van der Waals surface area (Å²) in [5.74, 6) is -1.29. The van der Waals surface area contributed by atoms with Gasteiger partial charge in [0.05, 0.1) is 35.9 Å². The minimum atomic E-state index is -1.73. The van der Waals surface area contributed by atoms with Crippen LogP contribution in [0.15, 0.2) is 113 Å². The van der Waals surface area contributed by atoms with Gasteiger partial charge in [0.25, 0.3) is 0 Å². The first-order chi connectivity index (χ1) is 23.8. The summed E-state index contributed by atoms with van der Waals surface area (Å²) in [6.45, 7) is 0.536. The summed E-state index contributed by atoms with van der Waals surface area (Å²) in [7, 11) is -1.73. The highest BCUT2D eigenvalue weighted by Gasteiger charge is 2.57. The fraction of sp³-hybridized carbons (Fsp3) is 0.237. The van der Waals surface area contributed by atoms with Gasteiger partial charge in [-0.3, -0.25) is 19.5 Å². The Morgan fingerprint density at radius 1 is 0.980 bits per heavy atom. The molecule has 0 unspecified atom stereocenters. The maximum atomic E-state index is 14.1. The number of carbonyl (C=O) groups excluding carboxylic acids is 2. The molecule has 3 aliphatic rings. The van der Waals surface area contributed by atoms with Crippen molar-refractivity contribution in [2.24, 2.45) is 17.8 Å². The summed E-state index contributed by atoms with van der Waals surface area (Å²) in [6, 6.07) is 26.7. The molecule has 0 radical (unpaired) electrons. The van der Waals surface area contributed by atoms with Crippen molar-refractivity contribution < 1.29 is 34.2 Å². The van der Waals surface area contributed by atoms with Gasteiger partial charge in [-0.2, -0.15) is 0 Å². The number of rotatable bonds is 10. The largest absolute Gasteiger partial charge is 0.507 e. The maximum Gasteiger partial charge on any atom is 0.488 e. The number of benzene rings is 3. The number of hydrogen-bond acceptors (Lipinski definition) is 8. The molecule has 0 bridgehead atoms. The Morgan fingerprint density at radius 3 is 2.57 bits per heavy atom. The minimum Gasteiger partial charge on any atom is -0.507 e. The molecule has 2 aliphatic heterocycles. The van der Waals surface area contributed by atoms with Gasteiger partial charge >= 0.3 is 7.12 Å². The number of fused-ring (bicyclic) bond motifs is 3. The van der Waals surface area contributed by atoms with E-state index in [0.717, 1.165) is 26.9 Å². The van der Waals surface area contributed by atoms with Crippen LogP contribution in [0.1, 0.15) is 30.5 Å². The highest BCUT2D eigenvalue weighted by atomic mass is 79.9. The Bertz CT molecular complexity index is 1940. The molecule has 11 heteroatoms. The van der Waals surface area contributed by atoms with Crippen molar-refractivity contribution in [3.63, 3.8) is 0 Å². The molecule has 4 aromatic rings. The van der Waals surface area contributed by atoms with Crippen molar-refractivity contribution in [3.05, 3.63) is 124 Å². The number of amides is 2. The molecule has 49 heavy (non-hydrogen) atoms. The second-order valence-corrected chi connectivity index (χ2v) is 13.4. The van der Waals surface area contributed by atoms with Crippen molar-refractivity contribution in [3.8, 4) is 11.5 Å². The van der Waals surface area contributed by atoms with Crippen LogP contribution < -0.4 is 15.1 Å². The van der Waals surface area contributed by atoms with Crippen molar-refractivity contribution in [2.75, 3.05) is 18.1 Å². The van der Waals surface area contributed by atoms with Crippen molar-refractivity contribution in [2.45, 2.75) is 25.4 Å². The molecule has 7 rings (SSSR count). The molecular weight excluding hydrogens is 687 g/mol. The lowest BCUT2D eigenvalue weighted by Gasteiger charge is -2.31. The van der Waals surface area contributed by atoms with Gasteiger partial charge in [0.1, 0.15) is 18.1 Å². The number of nitrogens with zero attached hydrogens (tertiary/aromatic N) is 2. The summed E-state index contributed by atoms with van der Waals surface area (Å²) >= 11 is 3.50. The van der Waals surface area contributed by atoms with E-state index in [1.165, 1.54) is 17.0 Å². The Balaban J connectivity index is 1.21. The van der Waals surface area contributed by atoms with E-state index in [9.17, 15) is 24.7 Å². The third-order valence-corrected chi connectivity index (χ3v) is 10.1. The highest BCUT2D eigenvalue weighted by Crippen LogP contribution is 2.51. The Labute approximate surface area is 292 Å². The number of phenols is 1. The summed E-state index contributed by atoms with van der Waals surface area (Å²) < 4.78 is 13.6. The van der Waals surface area contributed by atoms with Gasteiger partial charge in [-0.1, -0.05) is 52.3 Å². The van der Waals surface area contributed by atoms with Gasteiger partial charge < -0.3 is 24.6 Å². The van der Waals surface area contributed by atoms with Crippen LogP contribution in [-0.4, -0.2) is 58.4 Å². The topological polar surface area (TPSA) is 129 Å². The predicted molar refractivity (Wildman–Crippen MR) is 190 cm³/mol. The predicted octanol–water partition coefficient (Wildman–Crippen LogP) is 5.15. The van der Waals surface area contributed by atoms with Gasteiger partial charge in [-0.25, -0.2) is 0 Å². The number of pyridine rings is 1. The highest BCUT2D eigenvalue weighted by molar-refractivity contribution is 9.10. The van der Waals surface area contributed by atoms with E-state index < -0.39 is 19.0 Å². The molecular formula is C38H34BBrN2O7. The number of hydrogen-bond donors (Lipinski definition) is 3. The smallest absolute Gasteiger partial charge is 0.488 e. The molecule has 3 N–H and O–H groups in total. The van der Waals surface area contributed by atoms with Gasteiger partial charge in [0.2, 0.25) is 11.8 Å². The first-order valence-corrected chi connectivity index (χ1v) is 17.0. The van der Waals surface area contributed by atoms with Crippen LogP contribution >= 0.6 is 15.9 Å². The van der Waals surface area contributed by atoms with E-state index in [4.69, 9.17) is 9.47 Å². The van der Waals surface area contributed by atoms with Crippen LogP contribution in [0.4, 0.5) is 5.69 Å². The minimum absolute atomic E-state index is 0.156. The monoisotopic (exact) mass is 720 g/mol. The molecule has 2 amide bonds. The number of allylic oxidation sites excluding steroid dienone is 1. The Kier molecular flexibility index (Phi) is 9.51. The van der Waals surface area contributed by atoms with E-state index in [1.54, 1.807) is 30.5 Å². The molecule has 9 nitrogen and oxygen atoms in total. The standard InChI is InChI=1S/C38H34BBrN2O7/c40-27-13-14-33(43)24(18-27)17-23(32-11-4-5-16-41-32)12-15-34-35-25(21-48-29-9-2-1-3-10-29)19-30-36(31(35)22-49-34)38(45)42(37(30)44)28-8-6-7-26(20-28)39(46)47/h1-11,13-14,16-18,20,30-31,34,36,43,46-47H,12,15,19,21-22H2/b23-17-/t30-,31+,34-,36-/m1/s1. The second-order valence-electron chi connectivity index (χ2n) is 12.5. The third-order valence-electron chi connectivity index (χ3n) is 9.58. The fourth-order valence-electron chi connectivity index (χ4n) is 7.31. The van der Waals surface area contributed by atoms with E-state index in [-0.39, 0.29) is 48.3 Å². The van der Waals surface area contributed by atoms with Crippen LogP contribution in [0.5, 0.6) is 11.5 Å². The molecule has 3 heterocycles. The van der Waals surface area contributed by atoms with Gasteiger partial charge in [-0.05, 0) is 102 Å². The molecule has 0 spiro atoms. The first kappa shape index (κ1) is 33.0. The number of para-hydroxylation sites is 1. The van der Waals surface area contributed by atoms with Crippen molar-refractivity contribution in [1.82, 2.24) is 4.98 Å². The lowest BCUT2D eigenvalue weighted by atomic mass is 9.69. The summed E-state index contributed by atoms with van der Waals surface area (Å²) in [5, 5.41) is 30.1. The molecule has 2 saturated heterocycles. The van der Waals surface area contributed by atoms with Gasteiger partial charge in [-0.15, -0.1) is 0 Å². The van der Waals surface area contributed by atoms with Crippen LogP contribution in [0.3, 0.4) is 0 Å². The first-order valence-electron chi connectivity index (χ1n) is 16.2. The second kappa shape index (κ2) is 14.1. The number of carbonyl (C=O) groups is 2. The fourth-order valence-corrected chi connectivity index (χ4v) is 7.69. The molecule has 3 aromatic carbocycles. The molecule has 1 aliphatic carbocycles. The number of anilines is 1. The van der Waals surface area contributed by atoms with Crippen LogP contribution in [0.25, 0.3) is 11.6 Å². The number of aromatic nitrogens is 1. The molecule has 1 aromatic heterocycles. The molecule has 248 valence electrons. The van der Waals surface area contributed by atoms with E-state index in [1.807, 2.05) is 60.7 Å². The summed E-state index contributed by atoms with van der Waals surface area (Å²) in [4.78, 5) is 33.9. The van der Waals surface area contributed by atoms with Crippen molar-refractivity contribution >= 4 is 57.7 Å². The van der Waals surface area contributed by atoms with Gasteiger partial charge in [0.15, 0.2) is 0 Å². The lowest BCUT2D eigenvalue weighted by molar-refractivity contribution is -0.122. The average Bonchev–Trinajstić information content (AvgIpc) is 3.65. The lowest BCUT2D eigenvalue weighted by Crippen LogP contribution is -2.36. The number of ether oxygens (including phenoxy) is 2. The van der Waals surface area contributed by atoms with E-state index in [2.05, 4.69) is 20.9 Å². The van der Waals surface area contributed by atoms with Gasteiger partial charge in [0, 0.05) is 22.2 Å². The maximum absolute atomic E-state index is 14.1. The van der Waals surface area contributed by atoms with E-state index in [0.29, 0.717) is 36.3 Å². The zero-order valence-electron chi connectivity index (χ0n) is 26.5. The number of imide groups is 1. The van der Waals surface area contributed by atoms with Crippen LogP contribution in [0, 0.1) is 17.8 Å². The van der Waals surface area contributed by atoms with Crippen LogP contribution in [0.2, 0.25) is 0 Å². The zero-order valence-corrected chi connectivity index (χ0v) is 28.1. The summed E-state index contributed by atoms with van der Waals surface area (Å²) in [5.41, 5.74) is 4.82. The Hall–Kier alpha value is -4.55. The van der Waals surface area contributed by atoms with E-state index >= 15 is 0 Å². The normalized spacial score (nSPS) is 21.9. The number of halogens is 1. The zero-order chi connectivity index (χ0) is 34.1. The molecule has 2 fully saturated rings. The number of aromatic hydroxyl groups is 1. The average molecular weight is 721 g/mol. The Morgan fingerprint density at radius 2 is 1.80 bits per heavy atom. The SMILES string of the molecule is O=C1[C@@H]2[C@@H](CC(COc3ccccc3)=C3[C@@H](CC/C(=C/c4cc(Br)ccc4O)c4ccccn4)OC[C@@H]32)C(=O)N1c1cccc(B(O)O)c1. The molecule has 4 atom stereocenters. The van der Waals surface area contributed by atoms with Crippen LogP contribution in [-0.2, 0) is 14.3 Å². The quantitative estimate of drug-likeness (QED) is 0.117.